The van der Waals surface area contributed by atoms with Crippen LogP contribution in [-0.2, 0) is 16.0 Å². The molecule has 1 aromatic heterocycles. The molecule has 1 aliphatic rings. The second kappa shape index (κ2) is 8.57. The number of hydrogen-bond acceptors (Lipinski definition) is 5. The lowest BCUT2D eigenvalue weighted by Crippen LogP contribution is -2.36. The highest BCUT2D eigenvalue weighted by molar-refractivity contribution is 7.13. The van der Waals surface area contributed by atoms with E-state index < -0.39 is 5.97 Å². The molecule has 1 heterocycles. The Morgan fingerprint density at radius 1 is 1.14 bits per heavy atom. The third kappa shape index (κ3) is 4.22. The minimum Gasteiger partial charge on any atom is -0.451 e. The predicted octanol–water partition coefficient (Wildman–Crippen LogP) is 4.50. The zero-order valence-electron chi connectivity index (χ0n) is 16.2. The Kier molecular flexibility index (Phi) is 5.71. The summed E-state index contributed by atoms with van der Waals surface area (Å²) in [5, 5.41) is 2.41. The molecule has 5 nitrogen and oxygen atoms in total. The number of hydrogen-bond donors (Lipinski definition) is 0. The van der Waals surface area contributed by atoms with Crippen LogP contribution in [0, 0.1) is 0 Å². The van der Waals surface area contributed by atoms with Crippen LogP contribution in [0.2, 0.25) is 0 Å². The van der Waals surface area contributed by atoms with Crippen molar-refractivity contribution >= 4 is 23.2 Å². The smallest absolute Gasteiger partial charge is 0.358 e. The molecular formula is C23H22N2O3S. The molecule has 1 aliphatic carbocycles. The Bertz CT molecular complexity index is 1020. The lowest BCUT2D eigenvalue weighted by Gasteiger charge is -2.33. The summed E-state index contributed by atoms with van der Waals surface area (Å²) < 4.78 is 5.25. The van der Waals surface area contributed by atoms with Crippen LogP contribution in [0.25, 0.3) is 10.6 Å². The highest BCUT2D eigenvalue weighted by Gasteiger charge is 2.27. The van der Waals surface area contributed by atoms with Gasteiger partial charge in [-0.1, -0.05) is 54.6 Å². The second-order valence-corrected chi connectivity index (χ2v) is 7.95. The van der Waals surface area contributed by atoms with E-state index >= 15 is 0 Å². The molecule has 0 aliphatic heterocycles. The zero-order valence-corrected chi connectivity index (χ0v) is 17.0. The fourth-order valence-electron chi connectivity index (χ4n) is 3.69. The van der Waals surface area contributed by atoms with Gasteiger partial charge >= 0.3 is 5.97 Å². The Labute approximate surface area is 174 Å². The minimum absolute atomic E-state index is 0.0232. The van der Waals surface area contributed by atoms with E-state index in [9.17, 15) is 9.59 Å². The fraction of sp³-hybridized carbons (Fsp3) is 0.261. The van der Waals surface area contributed by atoms with E-state index in [1.165, 1.54) is 22.5 Å². The first-order valence-corrected chi connectivity index (χ1v) is 10.5. The van der Waals surface area contributed by atoms with Crippen molar-refractivity contribution in [3.8, 4) is 10.6 Å². The Hall–Kier alpha value is -2.99. The number of likely N-dealkylation sites (N-methyl/N-ethyl adjacent to an activating group) is 1. The first-order valence-electron chi connectivity index (χ1n) is 9.65. The van der Waals surface area contributed by atoms with Gasteiger partial charge < -0.3 is 9.64 Å². The average molecular weight is 407 g/mol. The lowest BCUT2D eigenvalue weighted by atomic mass is 9.87. The van der Waals surface area contributed by atoms with Crippen molar-refractivity contribution in [3.05, 3.63) is 76.8 Å². The number of benzene rings is 2. The third-order valence-corrected chi connectivity index (χ3v) is 6.15. The zero-order chi connectivity index (χ0) is 20.2. The van der Waals surface area contributed by atoms with Crippen LogP contribution in [0.1, 0.15) is 40.5 Å². The molecule has 29 heavy (non-hydrogen) atoms. The molecule has 2 aromatic carbocycles. The normalized spacial score (nSPS) is 15.4. The minimum atomic E-state index is -0.575. The summed E-state index contributed by atoms with van der Waals surface area (Å²) in [5.41, 5.74) is 3.65. The fourth-order valence-corrected chi connectivity index (χ4v) is 4.48. The van der Waals surface area contributed by atoms with Gasteiger partial charge in [0.1, 0.15) is 5.01 Å². The first kappa shape index (κ1) is 19.3. The molecule has 148 valence electrons. The monoisotopic (exact) mass is 406 g/mol. The molecule has 0 radical (unpaired) electrons. The number of rotatable bonds is 5. The van der Waals surface area contributed by atoms with E-state index in [0.29, 0.717) is 0 Å². The van der Waals surface area contributed by atoms with Gasteiger partial charge in [0.05, 0.1) is 6.04 Å². The van der Waals surface area contributed by atoms with Gasteiger partial charge in [-0.25, -0.2) is 9.78 Å². The van der Waals surface area contributed by atoms with Gasteiger partial charge in [-0.05, 0) is 30.4 Å². The van der Waals surface area contributed by atoms with Crippen LogP contribution in [0.15, 0.2) is 60.0 Å². The average Bonchev–Trinajstić information content (AvgIpc) is 3.27. The molecule has 3 aromatic rings. The third-order valence-electron chi connectivity index (χ3n) is 5.26. The van der Waals surface area contributed by atoms with Gasteiger partial charge in [-0.3, -0.25) is 4.79 Å². The van der Waals surface area contributed by atoms with Crippen molar-refractivity contribution in [1.82, 2.24) is 9.88 Å². The maximum Gasteiger partial charge on any atom is 0.358 e. The number of thiazole rings is 1. The molecule has 4 rings (SSSR count). The van der Waals surface area contributed by atoms with Crippen LogP contribution in [0.4, 0.5) is 0 Å². The van der Waals surface area contributed by atoms with Crippen molar-refractivity contribution < 1.29 is 14.3 Å². The topological polar surface area (TPSA) is 59.5 Å². The van der Waals surface area contributed by atoms with E-state index in [1.54, 1.807) is 17.3 Å². The molecule has 1 atom stereocenters. The van der Waals surface area contributed by atoms with Gasteiger partial charge in [0.15, 0.2) is 12.3 Å². The molecule has 0 fully saturated rings. The van der Waals surface area contributed by atoms with Crippen LogP contribution < -0.4 is 0 Å². The van der Waals surface area contributed by atoms with Crippen molar-refractivity contribution in [2.45, 2.75) is 25.3 Å². The number of esters is 1. The second-order valence-electron chi connectivity index (χ2n) is 7.09. The van der Waals surface area contributed by atoms with E-state index in [1.807, 2.05) is 42.5 Å². The number of nitrogens with zero attached hydrogens (tertiary/aromatic N) is 2. The molecule has 0 unspecified atom stereocenters. The Morgan fingerprint density at radius 3 is 2.72 bits per heavy atom. The van der Waals surface area contributed by atoms with Crippen molar-refractivity contribution in [3.63, 3.8) is 0 Å². The standard InChI is InChI=1S/C23H22N2O3S/c1-25(20-13-7-11-16-8-5-6-12-18(16)20)21(26)14-28-23(27)19-15-29-22(24-19)17-9-3-2-4-10-17/h2-6,8-10,12,15,20H,7,11,13-14H2,1H3/t20-/m1/s1. The van der Waals surface area contributed by atoms with Crippen molar-refractivity contribution in [2.24, 2.45) is 0 Å². The number of aryl methyl sites for hydroxylation is 1. The van der Waals surface area contributed by atoms with Crippen LogP contribution in [0.5, 0.6) is 0 Å². The van der Waals surface area contributed by atoms with Gasteiger partial charge in [0, 0.05) is 18.0 Å². The number of amides is 1. The molecule has 0 saturated heterocycles. The molecular weight excluding hydrogens is 384 g/mol. The quantitative estimate of drug-likeness (QED) is 0.585. The van der Waals surface area contributed by atoms with Crippen molar-refractivity contribution in [2.75, 3.05) is 13.7 Å². The van der Waals surface area contributed by atoms with Crippen molar-refractivity contribution in [1.29, 1.82) is 0 Å². The number of aromatic nitrogens is 1. The summed E-state index contributed by atoms with van der Waals surface area (Å²) in [6.07, 6.45) is 3.00. The van der Waals surface area contributed by atoms with Gasteiger partial charge in [-0.2, -0.15) is 0 Å². The van der Waals surface area contributed by atoms with E-state index in [0.717, 1.165) is 29.8 Å². The maximum absolute atomic E-state index is 12.6. The maximum atomic E-state index is 12.6. The lowest BCUT2D eigenvalue weighted by molar-refractivity contribution is -0.135. The van der Waals surface area contributed by atoms with Crippen LogP contribution in [0.3, 0.4) is 0 Å². The number of carbonyl (C=O) groups is 2. The van der Waals surface area contributed by atoms with E-state index in [-0.39, 0.29) is 24.2 Å². The van der Waals surface area contributed by atoms with Gasteiger partial charge in [0.25, 0.3) is 5.91 Å². The summed E-state index contributed by atoms with van der Waals surface area (Å²) in [5.74, 6) is -0.784. The molecule has 1 amide bonds. The Morgan fingerprint density at radius 2 is 1.90 bits per heavy atom. The highest BCUT2D eigenvalue weighted by Crippen LogP contribution is 2.33. The molecule has 6 heteroatoms. The van der Waals surface area contributed by atoms with Gasteiger partial charge in [0.2, 0.25) is 0 Å². The SMILES string of the molecule is CN(C(=O)COC(=O)c1csc(-c2ccccc2)n1)[C@@H]1CCCc2ccccc21. The molecule has 0 saturated carbocycles. The number of carbonyl (C=O) groups excluding carboxylic acids is 2. The van der Waals surface area contributed by atoms with E-state index in [2.05, 4.69) is 17.1 Å². The summed E-state index contributed by atoms with van der Waals surface area (Å²) in [6, 6.07) is 17.9. The molecule has 0 bridgehead atoms. The first-order chi connectivity index (χ1) is 14.1. The molecule has 0 spiro atoms. The number of ether oxygens (including phenoxy) is 1. The summed E-state index contributed by atoms with van der Waals surface area (Å²) >= 11 is 1.38. The summed E-state index contributed by atoms with van der Waals surface area (Å²) in [7, 11) is 1.78. The number of fused-ring (bicyclic) bond motifs is 1. The van der Waals surface area contributed by atoms with Crippen LogP contribution >= 0.6 is 11.3 Å². The highest BCUT2D eigenvalue weighted by atomic mass is 32.1. The summed E-state index contributed by atoms with van der Waals surface area (Å²) in [4.78, 5) is 31.0. The van der Waals surface area contributed by atoms with Gasteiger partial charge in [-0.15, -0.1) is 11.3 Å². The van der Waals surface area contributed by atoms with E-state index in [4.69, 9.17) is 4.74 Å². The largest absolute Gasteiger partial charge is 0.451 e. The Balaban J connectivity index is 1.37. The molecule has 0 N–H and O–H groups in total. The predicted molar refractivity (Wildman–Crippen MR) is 113 cm³/mol. The van der Waals surface area contributed by atoms with Crippen LogP contribution in [-0.4, -0.2) is 35.4 Å². The summed E-state index contributed by atoms with van der Waals surface area (Å²) in [6.45, 7) is -0.286.